The van der Waals surface area contributed by atoms with Crippen molar-refractivity contribution in [1.82, 2.24) is 10.2 Å². The van der Waals surface area contributed by atoms with Crippen molar-refractivity contribution in [2.24, 2.45) is 17.8 Å². The van der Waals surface area contributed by atoms with Gasteiger partial charge in [-0.25, -0.2) is 0 Å². The van der Waals surface area contributed by atoms with E-state index in [1.165, 1.54) is 10.6 Å². The van der Waals surface area contributed by atoms with E-state index in [0.717, 1.165) is 49.7 Å². The van der Waals surface area contributed by atoms with Gasteiger partial charge in [0.15, 0.2) is 0 Å². The second-order valence-corrected chi connectivity index (χ2v) is 9.06. The molecular formula is C21H26BrN3O3. The molecule has 1 aliphatic carbocycles. The van der Waals surface area contributed by atoms with E-state index < -0.39 is 0 Å². The number of benzene rings is 1. The van der Waals surface area contributed by atoms with Crippen LogP contribution in [0.5, 0.6) is 0 Å². The number of carbonyl (C=O) groups excluding carboxylic acids is 3. The number of fused-ring (bicyclic) bond motifs is 1. The highest BCUT2D eigenvalue weighted by atomic mass is 79.9. The quantitative estimate of drug-likeness (QED) is 0.704. The fraction of sp³-hybridized carbons (Fsp3) is 0.571. The van der Waals surface area contributed by atoms with Crippen LogP contribution >= 0.6 is 15.9 Å². The Kier molecular flexibility index (Phi) is 5.71. The third-order valence-electron chi connectivity index (χ3n) is 6.28. The van der Waals surface area contributed by atoms with Crippen molar-refractivity contribution in [3.63, 3.8) is 0 Å². The van der Waals surface area contributed by atoms with E-state index in [1.807, 2.05) is 12.1 Å². The molecule has 3 aliphatic rings. The van der Waals surface area contributed by atoms with E-state index in [1.54, 1.807) is 0 Å². The van der Waals surface area contributed by atoms with Crippen LogP contribution in [-0.2, 0) is 14.4 Å². The molecule has 28 heavy (non-hydrogen) atoms. The molecule has 6 nitrogen and oxygen atoms in total. The van der Waals surface area contributed by atoms with Gasteiger partial charge in [0.1, 0.15) is 6.54 Å². The summed E-state index contributed by atoms with van der Waals surface area (Å²) in [5.41, 5.74) is 1.18. The smallest absolute Gasteiger partial charge is 0.240 e. The summed E-state index contributed by atoms with van der Waals surface area (Å²) in [6.45, 7) is 2.30. The summed E-state index contributed by atoms with van der Waals surface area (Å²) in [7, 11) is 0. The van der Waals surface area contributed by atoms with Crippen LogP contribution in [-0.4, -0.2) is 48.8 Å². The van der Waals surface area contributed by atoms with Gasteiger partial charge in [0.25, 0.3) is 0 Å². The molecule has 150 valence electrons. The van der Waals surface area contributed by atoms with E-state index in [-0.39, 0.29) is 36.1 Å². The molecule has 1 aromatic rings. The number of halogens is 1. The van der Waals surface area contributed by atoms with Gasteiger partial charge in [-0.05, 0) is 43.4 Å². The molecule has 3 fully saturated rings. The molecule has 2 aliphatic heterocycles. The fourth-order valence-corrected chi connectivity index (χ4v) is 5.14. The normalized spacial score (nSPS) is 27.2. The SMILES string of the molecule is O=C(CN1C(=O)C2CCCCC2C1=O)NCC1CCN(c2cccc(Br)c2)C1. The summed E-state index contributed by atoms with van der Waals surface area (Å²) in [6, 6.07) is 8.23. The summed E-state index contributed by atoms with van der Waals surface area (Å²) < 4.78 is 1.06. The Bertz CT molecular complexity index is 760. The number of amides is 3. The largest absolute Gasteiger partial charge is 0.371 e. The van der Waals surface area contributed by atoms with Gasteiger partial charge >= 0.3 is 0 Å². The standard InChI is InChI=1S/C21H26BrN3O3/c22-15-4-3-5-16(10-15)24-9-8-14(12-24)11-23-19(26)13-25-20(27)17-6-1-2-7-18(17)21(25)28/h3-5,10,14,17-18H,1-2,6-9,11-13H2,(H,23,26). The maximum absolute atomic E-state index is 12.5. The van der Waals surface area contributed by atoms with Gasteiger partial charge in [-0.1, -0.05) is 34.8 Å². The van der Waals surface area contributed by atoms with Crippen LogP contribution in [0.4, 0.5) is 5.69 Å². The van der Waals surface area contributed by atoms with Gasteiger partial charge < -0.3 is 10.2 Å². The van der Waals surface area contributed by atoms with Gasteiger partial charge in [-0.2, -0.15) is 0 Å². The van der Waals surface area contributed by atoms with Gasteiger partial charge in [0.2, 0.25) is 17.7 Å². The predicted molar refractivity (Wildman–Crippen MR) is 110 cm³/mol. The van der Waals surface area contributed by atoms with Crippen molar-refractivity contribution < 1.29 is 14.4 Å². The number of nitrogens with one attached hydrogen (secondary N) is 1. The number of hydrogen-bond donors (Lipinski definition) is 1. The molecule has 1 N–H and O–H groups in total. The molecule has 0 aromatic heterocycles. The first-order chi connectivity index (χ1) is 13.5. The number of hydrogen-bond acceptors (Lipinski definition) is 4. The van der Waals surface area contributed by atoms with Gasteiger partial charge in [0.05, 0.1) is 11.8 Å². The Labute approximate surface area is 173 Å². The van der Waals surface area contributed by atoms with Crippen LogP contribution < -0.4 is 10.2 Å². The second-order valence-electron chi connectivity index (χ2n) is 8.14. The summed E-state index contributed by atoms with van der Waals surface area (Å²) in [5.74, 6) is -0.542. The minimum absolute atomic E-state index is 0.132. The highest BCUT2D eigenvalue weighted by Crippen LogP contribution is 2.37. The lowest BCUT2D eigenvalue weighted by Crippen LogP contribution is -2.42. The van der Waals surface area contributed by atoms with Crippen molar-refractivity contribution in [3.8, 4) is 0 Å². The van der Waals surface area contributed by atoms with E-state index in [9.17, 15) is 14.4 Å². The maximum Gasteiger partial charge on any atom is 0.240 e. The number of carbonyl (C=O) groups is 3. The lowest BCUT2D eigenvalue weighted by atomic mass is 9.81. The predicted octanol–water partition coefficient (Wildman–Crippen LogP) is 2.57. The molecule has 0 radical (unpaired) electrons. The monoisotopic (exact) mass is 447 g/mol. The van der Waals surface area contributed by atoms with E-state index in [2.05, 4.69) is 38.3 Å². The summed E-state index contributed by atoms with van der Waals surface area (Å²) >= 11 is 3.50. The molecule has 0 bridgehead atoms. The average molecular weight is 448 g/mol. The molecule has 2 heterocycles. The number of anilines is 1. The number of rotatable bonds is 5. The van der Waals surface area contributed by atoms with Crippen molar-refractivity contribution in [3.05, 3.63) is 28.7 Å². The third-order valence-corrected chi connectivity index (χ3v) is 6.77. The summed E-state index contributed by atoms with van der Waals surface area (Å²) in [6.07, 6.45) is 4.56. The van der Waals surface area contributed by atoms with Crippen molar-refractivity contribution in [2.75, 3.05) is 31.1 Å². The first-order valence-corrected chi connectivity index (χ1v) is 10.9. The Morgan fingerprint density at radius 2 is 1.82 bits per heavy atom. The molecule has 1 saturated carbocycles. The van der Waals surface area contributed by atoms with Gasteiger partial charge in [0, 0.05) is 29.8 Å². The van der Waals surface area contributed by atoms with Crippen LogP contribution in [0.1, 0.15) is 32.1 Å². The first-order valence-electron chi connectivity index (χ1n) is 10.2. The molecule has 0 spiro atoms. The van der Waals surface area contributed by atoms with Crippen molar-refractivity contribution in [1.29, 1.82) is 0 Å². The van der Waals surface area contributed by atoms with Crippen LogP contribution in [0.3, 0.4) is 0 Å². The molecule has 4 rings (SSSR count). The average Bonchev–Trinajstić information content (AvgIpc) is 3.26. The molecule has 3 atom stereocenters. The van der Waals surface area contributed by atoms with Crippen molar-refractivity contribution in [2.45, 2.75) is 32.1 Å². The van der Waals surface area contributed by atoms with Crippen LogP contribution in [0, 0.1) is 17.8 Å². The van der Waals surface area contributed by atoms with Crippen LogP contribution in [0.15, 0.2) is 28.7 Å². The second kappa shape index (κ2) is 8.23. The van der Waals surface area contributed by atoms with Crippen LogP contribution in [0.2, 0.25) is 0 Å². The Morgan fingerprint density at radius 3 is 2.50 bits per heavy atom. The topological polar surface area (TPSA) is 69.7 Å². The van der Waals surface area contributed by atoms with E-state index in [4.69, 9.17) is 0 Å². The van der Waals surface area contributed by atoms with Crippen LogP contribution in [0.25, 0.3) is 0 Å². The fourth-order valence-electron chi connectivity index (χ4n) is 4.75. The Morgan fingerprint density at radius 1 is 1.11 bits per heavy atom. The minimum Gasteiger partial charge on any atom is -0.371 e. The number of likely N-dealkylation sites (tertiary alicyclic amines) is 1. The van der Waals surface area contributed by atoms with E-state index in [0.29, 0.717) is 12.5 Å². The maximum atomic E-state index is 12.5. The molecule has 2 saturated heterocycles. The highest BCUT2D eigenvalue weighted by molar-refractivity contribution is 9.10. The lowest BCUT2D eigenvalue weighted by Gasteiger charge is -2.19. The highest BCUT2D eigenvalue weighted by Gasteiger charge is 2.48. The number of nitrogens with zero attached hydrogens (tertiary/aromatic N) is 2. The molecule has 7 heteroatoms. The lowest BCUT2D eigenvalue weighted by molar-refractivity contribution is -0.143. The summed E-state index contributed by atoms with van der Waals surface area (Å²) in [5, 5.41) is 2.94. The first kappa shape index (κ1) is 19.4. The van der Waals surface area contributed by atoms with Gasteiger partial charge in [-0.15, -0.1) is 0 Å². The molecule has 3 unspecified atom stereocenters. The Hall–Kier alpha value is -1.89. The minimum atomic E-state index is -0.235. The molecular weight excluding hydrogens is 422 g/mol. The third kappa shape index (κ3) is 3.95. The summed E-state index contributed by atoms with van der Waals surface area (Å²) in [4.78, 5) is 40.9. The zero-order valence-electron chi connectivity index (χ0n) is 15.9. The Balaban J connectivity index is 1.26. The zero-order valence-corrected chi connectivity index (χ0v) is 17.5. The van der Waals surface area contributed by atoms with E-state index >= 15 is 0 Å². The van der Waals surface area contributed by atoms with Gasteiger partial charge in [-0.3, -0.25) is 19.3 Å². The molecule has 3 amide bonds. The molecule has 1 aromatic carbocycles. The van der Waals surface area contributed by atoms with Crippen molar-refractivity contribution >= 4 is 39.3 Å². The number of imide groups is 1. The zero-order chi connectivity index (χ0) is 19.7.